The van der Waals surface area contributed by atoms with E-state index in [9.17, 15) is 53.7 Å². The van der Waals surface area contributed by atoms with Crippen LogP contribution in [0.3, 0.4) is 0 Å². The van der Waals surface area contributed by atoms with Crippen molar-refractivity contribution in [2.45, 2.75) is 220 Å². The van der Waals surface area contributed by atoms with Crippen LogP contribution in [0.4, 0.5) is 0 Å². The molecule has 4 fully saturated rings. The van der Waals surface area contributed by atoms with Crippen LogP contribution in [-0.4, -0.2) is 265 Å². The van der Waals surface area contributed by atoms with E-state index in [2.05, 4.69) is 39.7 Å². The molecule has 107 heavy (non-hydrogen) atoms. The van der Waals surface area contributed by atoms with E-state index in [1.165, 1.54) is 64.4 Å². The van der Waals surface area contributed by atoms with Gasteiger partial charge in [0.2, 0.25) is 9.41 Å². The van der Waals surface area contributed by atoms with Gasteiger partial charge >= 0.3 is 22.8 Å². The first-order chi connectivity index (χ1) is 52.4. The Labute approximate surface area is 628 Å². The van der Waals surface area contributed by atoms with Crippen molar-refractivity contribution in [3.63, 3.8) is 0 Å². The maximum absolute atomic E-state index is 12.7. The minimum atomic E-state index is -1.66. The summed E-state index contributed by atoms with van der Waals surface area (Å²) in [6.45, 7) is 35.0. The molecular weight excluding hydrogens is 1430 g/mol. The van der Waals surface area contributed by atoms with Crippen LogP contribution >= 0.6 is 8.53 Å². The number of methoxy groups -OCH3 is 4. The van der Waals surface area contributed by atoms with Gasteiger partial charge in [0, 0.05) is 110 Å². The number of aliphatic hydroxyl groups excluding tert-OH is 5. The second-order valence-electron chi connectivity index (χ2n) is 25.8. The summed E-state index contributed by atoms with van der Waals surface area (Å²) in [4.78, 5) is 108. The number of hydrogen-bond acceptors (Lipinski definition) is 28. The Hall–Kier alpha value is -6.16. The third-order valence-corrected chi connectivity index (χ3v) is 19.2. The normalized spacial score (nSPS) is 26.8. The van der Waals surface area contributed by atoms with E-state index >= 15 is 0 Å². The van der Waals surface area contributed by atoms with E-state index < -0.39 is 164 Å². The molecule has 8 heterocycles. The van der Waals surface area contributed by atoms with Crippen molar-refractivity contribution in [1.82, 2.24) is 42.9 Å². The van der Waals surface area contributed by atoms with Crippen LogP contribution in [0.5, 0.6) is 0 Å². The summed E-state index contributed by atoms with van der Waals surface area (Å²) in [5.74, 6) is -0.0842. The van der Waals surface area contributed by atoms with Crippen LogP contribution < -0.4 is 45.0 Å². The highest BCUT2D eigenvalue weighted by atomic mass is 31.2. The van der Waals surface area contributed by atoms with Gasteiger partial charge in [-0.05, 0) is 81.0 Å². The summed E-state index contributed by atoms with van der Waals surface area (Å²) in [7, 11) is 7.12. The van der Waals surface area contributed by atoms with E-state index in [0.717, 1.165) is 0 Å². The molecule has 20 atom stereocenters. The number of aromatic nitrogens is 8. The molecule has 0 amide bonds. The molecule has 37 nitrogen and oxygen atoms in total. The van der Waals surface area contributed by atoms with Gasteiger partial charge in [0.15, 0.2) is 24.9 Å². The Kier molecular flexibility index (Phi) is 39.3. The molecule has 610 valence electrons. The molecule has 38 heteroatoms. The Morgan fingerprint density at radius 2 is 0.860 bits per heavy atom. The lowest BCUT2D eigenvalue weighted by Gasteiger charge is -2.38. The first-order valence-electron chi connectivity index (χ1n) is 36.8. The second-order valence-corrected chi connectivity index (χ2v) is 27.2. The number of hydrogen-bond donors (Lipinski definition) is 9. The topological polar surface area (TPSA) is 457 Å². The maximum Gasteiger partial charge on any atom is 0.330 e. The standard InChI is InChI=1S/C23H39N4O7P.2C15H24N2O6.C14H22N2O6.2CH4O/c1-9-18-19(34-35(32-11-10-24-7)27(15(2)3)16(4)5)20(31-13-12-30-8)22(33-18)26-14-17(6)21(28)25-23(26)29;1-8-7-17(15(20)16-13(8)19)14-12(22-6-5-21-4)9(2)11(23-14)10(3)18;1-8(2)11-10(18)12(22-6-5-21-4)14(23-11)17-7-9(3)13(19)16-15(17)20;1-4-9-10(17)11(21-6-5-20-3)13(22-9)16-7-8(2)12(18)15-14(16)19;2*1-2/h14-16,18-20,22H,9-13H2,1-6,8H3,(H,25,28,29);7,9-12,14,18H,5-6H2,1-4H3,(H,16,19,20);7-8,10-12,14,18H,5-6H2,1-4H3,(H,16,19,20);7,9-11,13,17H,4-6H2,1-3H3,(H,15,18,19);2*2H,1H3/t18-,19-,20-,22-,35?;9-,10-,11+,12-,14-;10-,11-,12-,14-;9-,10-,11-,13-;;/m1111../s1/i9D;;;4D;2*2T/t9-,18+,19+,20+,22+,35?;;;4-,9+,10+,11+,13+;;/m0..0... The fourth-order valence-corrected chi connectivity index (χ4v) is 13.6. The van der Waals surface area contributed by atoms with Crippen LogP contribution in [0, 0.1) is 46.1 Å². The molecule has 8 rings (SSSR count). The molecule has 0 bridgehead atoms. The van der Waals surface area contributed by atoms with Gasteiger partial charge in [-0.25, -0.2) is 30.4 Å². The number of aromatic amines is 4. The monoisotopic (exact) mass is 1550 g/mol. The van der Waals surface area contributed by atoms with E-state index in [4.69, 9.17) is 78.1 Å². The Morgan fingerprint density at radius 3 is 1.21 bits per heavy atom. The number of aliphatic hydroxyl groups is 5. The molecule has 0 saturated carbocycles. The molecular formula is C69H117N10O27P. The molecule has 4 aliphatic rings. The van der Waals surface area contributed by atoms with Gasteiger partial charge in [0.1, 0.15) is 49.3 Å². The van der Waals surface area contributed by atoms with Crippen molar-refractivity contribution >= 4 is 8.53 Å². The van der Waals surface area contributed by atoms with Crippen molar-refractivity contribution in [3.8, 4) is 0 Å². The summed E-state index contributed by atoms with van der Waals surface area (Å²) in [5, 5.41) is 37.7. The highest BCUT2D eigenvalue weighted by Crippen LogP contribution is 2.51. The fourth-order valence-electron chi connectivity index (χ4n) is 11.8. The highest BCUT2D eigenvalue weighted by Gasteiger charge is 2.51. The lowest BCUT2D eigenvalue weighted by atomic mass is 9.97. The molecule has 1 unspecified atom stereocenters. The van der Waals surface area contributed by atoms with Crippen LogP contribution in [0.1, 0.15) is 132 Å². The van der Waals surface area contributed by atoms with Gasteiger partial charge in [-0.15, -0.1) is 0 Å². The average molecular weight is 1560 g/mol. The molecule has 0 radical (unpaired) electrons. The average Bonchev–Trinajstić information content (AvgIpc) is 1.66. The summed E-state index contributed by atoms with van der Waals surface area (Å²) < 4.78 is 114. The number of H-pyrrole nitrogens is 4. The quantitative estimate of drug-likeness (QED) is 0.0188. The maximum atomic E-state index is 12.7. The Balaban J connectivity index is 0.000000381. The van der Waals surface area contributed by atoms with Gasteiger partial charge in [-0.2, -0.15) is 0 Å². The van der Waals surface area contributed by atoms with Gasteiger partial charge in [-0.3, -0.25) is 57.4 Å². The fraction of sp³-hybridized carbons (Fsp3) is 0.754. The van der Waals surface area contributed by atoms with Crippen molar-refractivity contribution in [2.24, 2.45) is 11.8 Å². The third kappa shape index (κ3) is 26.2. The summed E-state index contributed by atoms with van der Waals surface area (Å²) in [6, 6.07) is 0.151. The summed E-state index contributed by atoms with van der Waals surface area (Å²) in [5.41, 5.74) is -2.84. The van der Waals surface area contributed by atoms with E-state index in [-0.39, 0.29) is 56.9 Å². The minimum absolute atomic E-state index is 0.0445. The zero-order valence-corrected chi connectivity index (χ0v) is 65.7. The van der Waals surface area contributed by atoms with E-state index in [1.807, 2.05) is 48.5 Å². The lowest BCUT2D eigenvalue weighted by molar-refractivity contribution is -0.0902. The first-order valence-corrected chi connectivity index (χ1v) is 36.0. The summed E-state index contributed by atoms with van der Waals surface area (Å²) in [6.07, 6.45) is -7.85. The lowest BCUT2D eigenvalue weighted by Crippen LogP contribution is -2.42. The van der Waals surface area contributed by atoms with Gasteiger partial charge in [-0.1, -0.05) is 34.6 Å². The second kappa shape index (κ2) is 47.8. The van der Waals surface area contributed by atoms with Crippen LogP contribution in [0.2, 0.25) is 0 Å². The SMILES string of the molecule is COCCO[C@@H]1[C@H](C)[C@@H]([C@@H](C)O)O[C@H]1n1cc(C)c(=O)[nH]c1=O.COCCO[C@@H]1[C@H](O)[C@@H](C(C)C)O[C@H]1n1cc(C)c(=O)[nH]c1=O.[2H][C@@H](C)[C@H]1O[C@@H](n2cc(C)c(=O)[nH]c2=O)[C@H](OCCOC)[C@@H]1O.[2H][C@@H](C)[C@H]1O[C@@H](n2cc(C)c(=O)[nH]c2=O)[C@H](OCCOC)[C@@H]1OP(OCC[N+]#[C-])N(C(C)C)C(C)C.[3H]OC.[3H]OC. The predicted molar refractivity (Wildman–Crippen MR) is 392 cm³/mol. The van der Waals surface area contributed by atoms with Crippen molar-refractivity contribution < 1.29 is 94.2 Å². The highest BCUT2D eigenvalue weighted by molar-refractivity contribution is 7.44. The summed E-state index contributed by atoms with van der Waals surface area (Å²) >= 11 is 0. The Bertz CT molecular complexity index is 3650. The minimum Gasteiger partial charge on any atom is -0.400 e. The Morgan fingerprint density at radius 1 is 0.533 bits per heavy atom. The van der Waals surface area contributed by atoms with Gasteiger partial charge in [0.05, 0.1) is 83.4 Å². The number of ether oxygens (including phenoxy) is 12. The predicted octanol–water partition coefficient (Wildman–Crippen LogP) is 1.19. The largest absolute Gasteiger partial charge is 0.400 e. The van der Waals surface area contributed by atoms with Crippen LogP contribution in [0.15, 0.2) is 63.1 Å². The van der Waals surface area contributed by atoms with Crippen LogP contribution in [-0.2, 0) is 65.9 Å². The number of nitrogens with one attached hydrogen (secondary N) is 4. The first kappa shape index (κ1) is 88.1. The van der Waals surface area contributed by atoms with E-state index in [0.29, 0.717) is 55.3 Å². The third-order valence-electron chi connectivity index (χ3n) is 17.1. The van der Waals surface area contributed by atoms with Crippen molar-refractivity contribution in [1.29, 1.82) is 2.86 Å². The number of aryl methyl sites for hydroxylation is 4. The van der Waals surface area contributed by atoms with E-state index in [1.54, 1.807) is 69.8 Å². The van der Waals surface area contributed by atoms with Gasteiger partial charge in [0.25, 0.3) is 30.8 Å². The molecule has 0 spiro atoms. The zero-order valence-electron chi connectivity index (χ0n) is 68.9. The van der Waals surface area contributed by atoms with Crippen molar-refractivity contribution in [3.05, 3.63) is 142 Å². The molecule has 4 aromatic heterocycles. The van der Waals surface area contributed by atoms with Crippen LogP contribution in [0.25, 0.3) is 4.85 Å². The molecule has 0 aromatic carbocycles. The zero-order chi connectivity index (χ0) is 83.8. The smallest absolute Gasteiger partial charge is 0.330 e. The molecule has 0 aliphatic carbocycles. The molecule has 4 aromatic rings. The van der Waals surface area contributed by atoms with Crippen molar-refractivity contribution in [2.75, 3.05) is 109 Å². The van der Waals surface area contributed by atoms with Gasteiger partial charge < -0.3 is 96.3 Å². The number of rotatable bonds is 32. The molecule has 9 N–H and O–H groups in total. The number of nitrogens with zero attached hydrogens (tertiary/aromatic N) is 6. The molecule has 4 saturated heterocycles. The molecule has 4 aliphatic heterocycles.